The summed E-state index contributed by atoms with van der Waals surface area (Å²) < 4.78 is 13.9. The highest BCUT2D eigenvalue weighted by Gasteiger charge is 2.11. The summed E-state index contributed by atoms with van der Waals surface area (Å²) in [4.78, 5) is 8.89. The van der Waals surface area contributed by atoms with Gasteiger partial charge in [0.15, 0.2) is 5.82 Å². The van der Waals surface area contributed by atoms with Crippen molar-refractivity contribution in [3.63, 3.8) is 0 Å². The Morgan fingerprint density at radius 1 is 1.05 bits per heavy atom. The quantitative estimate of drug-likeness (QED) is 0.767. The van der Waals surface area contributed by atoms with E-state index in [-0.39, 0.29) is 5.82 Å². The van der Waals surface area contributed by atoms with Gasteiger partial charge in [0, 0.05) is 12.4 Å². The van der Waals surface area contributed by atoms with Crippen molar-refractivity contribution >= 4 is 16.7 Å². The lowest BCUT2D eigenvalue weighted by Gasteiger charge is -2.09. The fourth-order valence-electron chi connectivity index (χ4n) is 2.20. The Bertz CT molecular complexity index is 784. The molecule has 0 saturated carbocycles. The minimum atomic E-state index is -0.319. The summed E-state index contributed by atoms with van der Waals surface area (Å²) in [5, 5.41) is 3.99. The van der Waals surface area contributed by atoms with E-state index in [2.05, 4.69) is 15.3 Å². The predicted molar refractivity (Wildman–Crippen MR) is 79.2 cm³/mol. The van der Waals surface area contributed by atoms with E-state index in [0.29, 0.717) is 17.2 Å². The van der Waals surface area contributed by atoms with Crippen LogP contribution in [0.15, 0.2) is 42.5 Å². The number of anilines is 1. The van der Waals surface area contributed by atoms with Gasteiger partial charge in [0.05, 0.1) is 11.1 Å². The molecule has 0 spiro atoms. The van der Waals surface area contributed by atoms with Crippen LogP contribution in [0.2, 0.25) is 0 Å². The number of hydrogen-bond acceptors (Lipinski definition) is 3. The molecule has 2 aromatic carbocycles. The maximum absolute atomic E-state index is 13.9. The van der Waals surface area contributed by atoms with Crippen LogP contribution in [-0.4, -0.2) is 17.0 Å². The van der Waals surface area contributed by atoms with Crippen LogP contribution in [0.5, 0.6) is 0 Å². The minimum Gasteiger partial charge on any atom is -0.373 e. The topological polar surface area (TPSA) is 37.8 Å². The first-order chi connectivity index (χ1) is 9.69. The first-order valence-electron chi connectivity index (χ1n) is 6.40. The summed E-state index contributed by atoms with van der Waals surface area (Å²) in [6.07, 6.45) is 0. The first kappa shape index (κ1) is 12.5. The SMILES string of the molecule is CNc1nc(-c2ccccc2F)nc2ccc(C)cc12. The zero-order valence-electron chi connectivity index (χ0n) is 11.3. The zero-order valence-corrected chi connectivity index (χ0v) is 11.3. The van der Waals surface area contributed by atoms with Gasteiger partial charge in [0.25, 0.3) is 0 Å². The van der Waals surface area contributed by atoms with Gasteiger partial charge in [-0.15, -0.1) is 0 Å². The molecule has 0 aliphatic rings. The van der Waals surface area contributed by atoms with Gasteiger partial charge in [-0.1, -0.05) is 23.8 Å². The van der Waals surface area contributed by atoms with Crippen molar-refractivity contribution in [1.82, 2.24) is 9.97 Å². The van der Waals surface area contributed by atoms with Gasteiger partial charge in [-0.25, -0.2) is 14.4 Å². The molecule has 1 aromatic heterocycles. The standard InChI is InChI=1S/C16H14FN3/c1-10-7-8-14-12(9-10)15(18-2)20-16(19-14)11-5-3-4-6-13(11)17/h3-9H,1-2H3,(H,18,19,20). The van der Waals surface area contributed by atoms with Crippen LogP contribution in [-0.2, 0) is 0 Å². The van der Waals surface area contributed by atoms with E-state index in [4.69, 9.17) is 0 Å². The summed E-state index contributed by atoms with van der Waals surface area (Å²) in [5.74, 6) is 0.779. The van der Waals surface area contributed by atoms with E-state index in [1.165, 1.54) is 6.07 Å². The molecule has 100 valence electrons. The van der Waals surface area contributed by atoms with Crippen LogP contribution in [0.3, 0.4) is 0 Å². The molecule has 20 heavy (non-hydrogen) atoms. The second-order valence-corrected chi connectivity index (χ2v) is 4.65. The number of aryl methyl sites for hydroxylation is 1. The molecule has 0 aliphatic carbocycles. The van der Waals surface area contributed by atoms with Gasteiger partial charge >= 0.3 is 0 Å². The molecule has 1 N–H and O–H groups in total. The van der Waals surface area contributed by atoms with Gasteiger partial charge < -0.3 is 5.32 Å². The Morgan fingerprint density at radius 3 is 2.60 bits per heavy atom. The van der Waals surface area contributed by atoms with Gasteiger partial charge in [-0.2, -0.15) is 0 Å². The van der Waals surface area contributed by atoms with Crippen LogP contribution < -0.4 is 5.32 Å². The number of benzene rings is 2. The van der Waals surface area contributed by atoms with Gasteiger partial charge in [0.1, 0.15) is 11.6 Å². The number of aromatic nitrogens is 2. The smallest absolute Gasteiger partial charge is 0.165 e. The fraction of sp³-hybridized carbons (Fsp3) is 0.125. The second kappa shape index (κ2) is 4.89. The molecule has 0 saturated heterocycles. The highest BCUT2D eigenvalue weighted by molar-refractivity contribution is 5.91. The van der Waals surface area contributed by atoms with Crippen molar-refractivity contribution in [2.24, 2.45) is 0 Å². The van der Waals surface area contributed by atoms with Crippen LogP contribution in [0.1, 0.15) is 5.56 Å². The first-order valence-corrected chi connectivity index (χ1v) is 6.40. The van der Waals surface area contributed by atoms with Crippen molar-refractivity contribution < 1.29 is 4.39 Å². The van der Waals surface area contributed by atoms with E-state index in [1.807, 2.05) is 25.1 Å². The Morgan fingerprint density at radius 2 is 1.85 bits per heavy atom. The number of hydrogen-bond donors (Lipinski definition) is 1. The molecule has 0 fully saturated rings. The molecular formula is C16H14FN3. The van der Waals surface area contributed by atoms with Crippen molar-refractivity contribution in [1.29, 1.82) is 0 Å². The normalized spacial score (nSPS) is 10.8. The third-order valence-corrected chi connectivity index (χ3v) is 3.20. The molecule has 1 heterocycles. The largest absolute Gasteiger partial charge is 0.373 e. The average Bonchev–Trinajstić information content (AvgIpc) is 2.46. The van der Waals surface area contributed by atoms with E-state index < -0.39 is 0 Å². The Kier molecular flexibility index (Phi) is 3.06. The summed E-state index contributed by atoms with van der Waals surface area (Å²) in [7, 11) is 1.80. The summed E-state index contributed by atoms with van der Waals surface area (Å²) in [5.41, 5.74) is 2.34. The molecule has 0 aliphatic heterocycles. The van der Waals surface area contributed by atoms with Gasteiger partial charge in [-0.05, 0) is 31.2 Å². The van der Waals surface area contributed by atoms with Crippen molar-refractivity contribution in [2.75, 3.05) is 12.4 Å². The molecule has 0 atom stereocenters. The lowest BCUT2D eigenvalue weighted by Crippen LogP contribution is -2.00. The lowest BCUT2D eigenvalue weighted by molar-refractivity contribution is 0.630. The predicted octanol–water partition coefficient (Wildman–Crippen LogP) is 3.79. The van der Waals surface area contributed by atoms with Gasteiger partial charge in [0.2, 0.25) is 0 Å². The molecule has 0 unspecified atom stereocenters. The maximum Gasteiger partial charge on any atom is 0.165 e. The van der Waals surface area contributed by atoms with Crippen molar-refractivity contribution in [3.8, 4) is 11.4 Å². The van der Waals surface area contributed by atoms with E-state index in [9.17, 15) is 4.39 Å². The zero-order chi connectivity index (χ0) is 14.1. The lowest BCUT2D eigenvalue weighted by atomic mass is 10.1. The summed E-state index contributed by atoms with van der Waals surface area (Å²) in [6, 6.07) is 12.5. The highest BCUT2D eigenvalue weighted by atomic mass is 19.1. The molecule has 3 nitrogen and oxygen atoms in total. The van der Waals surface area contributed by atoms with Crippen LogP contribution in [0.25, 0.3) is 22.3 Å². The van der Waals surface area contributed by atoms with Gasteiger partial charge in [-0.3, -0.25) is 0 Å². The van der Waals surface area contributed by atoms with E-state index in [1.54, 1.807) is 25.2 Å². The molecular weight excluding hydrogens is 253 g/mol. The number of nitrogens with one attached hydrogen (secondary N) is 1. The third-order valence-electron chi connectivity index (χ3n) is 3.20. The average molecular weight is 267 g/mol. The Hall–Kier alpha value is -2.49. The van der Waals surface area contributed by atoms with Crippen molar-refractivity contribution in [3.05, 3.63) is 53.8 Å². The van der Waals surface area contributed by atoms with Crippen molar-refractivity contribution in [2.45, 2.75) is 6.92 Å². The highest BCUT2D eigenvalue weighted by Crippen LogP contribution is 2.26. The van der Waals surface area contributed by atoms with E-state index >= 15 is 0 Å². The summed E-state index contributed by atoms with van der Waals surface area (Å²) >= 11 is 0. The monoisotopic (exact) mass is 267 g/mol. The number of fused-ring (bicyclic) bond motifs is 1. The minimum absolute atomic E-state index is 0.319. The molecule has 3 rings (SSSR count). The van der Waals surface area contributed by atoms with Crippen LogP contribution in [0, 0.1) is 12.7 Å². The molecule has 4 heteroatoms. The molecule has 3 aromatic rings. The maximum atomic E-state index is 13.9. The Balaban J connectivity index is 2.29. The number of rotatable bonds is 2. The van der Waals surface area contributed by atoms with E-state index in [0.717, 1.165) is 16.5 Å². The molecule has 0 amide bonds. The third kappa shape index (κ3) is 2.09. The summed E-state index contributed by atoms with van der Waals surface area (Å²) in [6.45, 7) is 2.02. The Labute approximate surface area is 116 Å². The molecule has 0 bridgehead atoms. The second-order valence-electron chi connectivity index (χ2n) is 4.65. The number of halogens is 1. The van der Waals surface area contributed by atoms with Crippen LogP contribution in [0.4, 0.5) is 10.2 Å². The molecule has 0 radical (unpaired) electrons. The number of nitrogens with zero attached hydrogens (tertiary/aromatic N) is 2. The van der Waals surface area contributed by atoms with Crippen LogP contribution >= 0.6 is 0 Å². The fourth-order valence-corrected chi connectivity index (χ4v) is 2.20.